The third-order valence-corrected chi connectivity index (χ3v) is 9.93. The number of carbonyl (C=O) groups is 3. The summed E-state index contributed by atoms with van der Waals surface area (Å²) in [7, 11) is 1.28. The van der Waals surface area contributed by atoms with Crippen molar-refractivity contribution in [2.24, 2.45) is 0 Å². The summed E-state index contributed by atoms with van der Waals surface area (Å²) in [5, 5.41) is 0.419. The SMILES string of the molecule is COC(=O)c1cc(F)c(-c2cccc3c2OCN(C(=O)c2c(Cl)cc(N4CCC(=O)CC4)cc2Cl)C3)cc1N1C2CCC1COC2. The maximum Gasteiger partial charge on any atom is 0.340 e. The summed E-state index contributed by atoms with van der Waals surface area (Å²) in [4.78, 5) is 43.8. The Morgan fingerprint density at radius 1 is 0.978 bits per heavy atom. The van der Waals surface area contributed by atoms with Crippen LogP contribution in [-0.2, 0) is 20.8 Å². The zero-order valence-electron chi connectivity index (χ0n) is 25.2. The first-order valence-corrected chi connectivity index (χ1v) is 16.1. The highest BCUT2D eigenvalue weighted by atomic mass is 35.5. The van der Waals surface area contributed by atoms with Crippen molar-refractivity contribution in [2.45, 2.75) is 44.3 Å². The number of Topliss-reactive ketones (excluding diaryl/α,β-unsaturated/α-hetero) is 1. The molecule has 4 aliphatic heterocycles. The second-order valence-corrected chi connectivity index (χ2v) is 12.9. The molecule has 4 heterocycles. The molecule has 7 rings (SSSR count). The second kappa shape index (κ2) is 12.4. The fraction of sp³-hybridized carbons (Fsp3) is 0.382. The minimum atomic E-state index is -0.608. The number of nitrogens with zero attached hydrogens (tertiary/aromatic N) is 3. The maximum absolute atomic E-state index is 15.8. The molecule has 0 aliphatic carbocycles. The lowest BCUT2D eigenvalue weighted by Crippen LogP contribution is -2.46. The predicted molar refractivity (Wildman–Crippen MR) is 172 cm³/mol. The van der Waals surface area contributed by atoms with E-state index in [2.05, 4.69) is 4.90 Å². The fourth-order valence-corrected chi connectivity index (χ4v) is 7.65. The molecule has 3 aromatic rings. The molecule has 4 aliphatic rings. The van der Waals surface area contributed by atoms with Crippen LogP contribution in [0.5, 0.6) is 5.75 Å². The van der Waals surface area contributed by atoms with Crippen LogP contribution in [0, 0.1) is 5.82 Å². The smallest absolute Gasteiger partial charge is 0.340 e. The number of hydrogen-bond acceptors (Lipinski definition) is 8. The lowest BCUT2D eigenvalue weighted by atomic mass is 9.96. The minimum absolute atomic E-state index is 0.0812. The molecule has 0 radical (unpaired) electrons. The van der Waals surface area contributed by atoms with E-state index in [1.807, 2.05) is 11.0 Å². The van der Waals surface area contributed by atoms with Crippen LogP contribution in [0.1, 0.15) is 52.0 Å². The zero-order valence-corrected chi connectivity index (χ0v) is 26.7. The van der Waals surface area contributed by atoms with E-state index in [0.717, 1.165) is 18.5 Å². The summed E-state index contributed by atoms with van der Waals surface area (Å²) >= 11 is 13.2. The van der Waals surface area contributed by atoms with Gasteiger partial charge >= 0.3 is 5.97 Å². The summed E-state index contributed by atoms with van der Waals surface area (Å²) in [5.74, 6) is -0.913. The lowest BCUT2D eigenvalue weighted by molar-refractivity contribution is -0.119. The highest BCUT2D eigenvalue weighted by molar-refractivity contribution is 6.40. The number of carbonyl (C=O) groups excluding carboxylic acids is 3. The minimum Gasteiger partial charge on any atom is -0.472 e. The molecule has 3 saturated heterocycles. The summed E-state index contributed by atoms with van der Waals surface area (Å²) in [6, 6.07) is 11.9. The number of anilines is 2. The van der Waals surface area contributed by atoms with Crippen LogP contribution in [0.4, 0.5) is 15.8 Å². The normalized spacial score (nSPS) is 20.8. The molecule has 3 fully saturated rings. The number of methoxy groups -OCH3 is 1. The Labute approximate surface area is 275 Å². The van der Waals surface area contributed by atoms with E-state index in [1.165, 1.54) is 18.1 Å². The summed E-state index contributed by atoms with van der Waals surface area (Å²) in [5.41, 5.74) is 3.17. The van der Waals surface area contributed by atoms with Crippen LogP contribution < -0.4 is 14.5 Å². The van der Waals surface area contributed by atoms with Gasteiger partial charge in [-0.15, -0.1) is 0 Å². The number of para-hydroxylation sites is 1. The molecule has 9 nitrogen and oxygen atoms in total. The van der Waals surface area contributed by atoms with Crippen molar-refractivity contribution in [1.82, 2.24) is 4.90 Å². The van der Waals surface area contributed by atoms with Gasteiger partial charge in [-0.1, -0.05) is 41.4 Å². The van der Waals surface area contributed by atoms with Gasteiger partial charge in [-0.25, -0.2) is 9.18 Å². The van der Waals surface area contributed by atoms with Crippen LogP contribution in [-0.4, -0.2) is 74.8 Å². The Bertz CT molecular complexity index is 1700. The van der Waals surface area contributed by atoms with Gasteiger partial charge in [-0.2, -0.15) is 0 Å². The molecule has 0 aromatic heterocycles. The molecule has 46 heavy (non-hydrogen) atoms. The number of esters is 1. The van der Waals surface area contributed by atoms with Gasteiger partial charge in [0.05, 0.1) is 65.8 Å². The average Bonchev–Trinajstić information content (AvgIpc) is 3.30. The van der Waals surface area contributed by atoms with E-state index in [0.29, 0.717) is 61.7 Å². The average molecular weight is 669 g/mol. The fourth-order valence-electron chi connectivity index (χ4n) is 7.01. The van der Waals surface area contributed by atoms with Crippen LogP contribution in [0.2, 0.25) is 10.0 Å². The van der Waals surface area contributed by atoms with Gasteiger partial charge in [-0.05, 0) is 37.1 Å². The van der Waals surface area contributed by atoms with Gasteiger partial charge < -0.3 is 28.9 Å². The standard InChI is InChI=1S/C34H32Cl2FN3O6/c1-44-34(43)26-13-29(37)25(14-30(26)40-20-5-6-21(40)17-45-16-20)24-4-2-3-19-15-39(18-46-32(19)24)33(42)31-27(35)11-22(12-28(31)36)38-9-7-23(41)8-10-38/h2-4,11-14,20-21H,5-10,15-18H2,1H3. The lowest BCUT2D eigenvalue weighted by Gasteiger charge is -2.38. The summed E-state index contributed by atoms with van der Waals surface area (Å²) in [6.45, 7) is 2.29. The van der Waals surface area contributed by atoms with Crippen LogP contribution in [0.15, 0.2) is 42.5 Å². The number of ether oxygens (including phenoxy) is 3. The highest BCUT2D eigenvalue weighted by Gasteiger charge is 2.40. The third-order valence-electron chi connectivity index (χ3n) is 9.34. The molecular formula is C34H32Cl2FN3O6. The molecule has 0 saturated carbocycles. The van der Waals surface area contributed by atoms with Crippen molar-refractivity contribution < 1.29 is 33.0 Å². The topological polar surface area (TPSA) is 88.6 Å². The van der Waals surface area contributed by atoms with E-state index < -0.39 is 17.7 Å². The van der Waals surface area contributed by atoms with Crippen molar-refractivity contribution in [1.29, 1.82) is 0 Å². The van der Waals surface area contributed by atoms with Gasteiger partial charge in [0.25, 0.3) is 5.91 Å². The van der Waals surface area contributed by atoms with Gasteiger partial charge in [0.1, 0.15) is 17.3 Å². The highest BCUT2D eigenvalue weighted by Crippen LogP contribution is 2.43. The largest absolute Gasteiger partial charge is 0.472 e. The number of piperidine rings is 1. The monoisotopic (exact) mass is 667 g/mol. The maximum atomic E-state index is 15.8. The van der Waals surface area contributed by atoms with Gasteiger partial charge in [0.2, 0.25) is 0 Å². The Balaban J connectivity index is 1.18. The quantitative estimate of drug-likeness (QED) is 0.301. The van der Waals surface area contributed by atoms with E-state index >= 15 is 4.39 Å². The number of amides is 1. The number of rotatable bonds is 5. The molecule has 2 atom stereocenters. The molecular weight excluding hydrogens is 636 g/mol. The first kappa shape index (κ1) is 30.8. The molecule has 0 N–H and O–H groups in total. The molecule has 0 spiro atoms. The Kier molecular flexibility index (Phi) is 8.29. The number of fused-ring (bicyclic) bond motifs is 3. The first-order chi connectivity index (χ1) is 22.2. The molecule has 3 aromatic carbocycles. The van der Waals surface area contributed by atoms with Crippen LogP contribution in [0.25, 0.3) is 11.1 Å². The van der Waals surface area contributed by atoms with Crippen molar-refractivity contribution >= 4 is 52.2 Å². The van der Waals surface area contributed by atoms with E-state index in [-0.39, 0.29) is 57.9 Å². The van der Waals surface area contributed by atoms with Crippen molar-refractivity contribution in [3.05, 3.63) is 75.0 Å². The number of benzene rings is 3. The predicted octanol–water partition coefficient (Wildman–Crippen LogP) is 6.12. The van der Waals surface area contributed by atoms with Crippen molar-refractivity contribution in [3.63, 3.8) is 0 Å². The molecule has 2 unspecified atom stereocenters. The number of hydrogen-bond donors (Lipinski definition) is 0. The summed E-state index contributed by atoms with van der Waals surface area (Å²) in [6.07, 6.45) is 2.75. The van der Waals surface area contributed by atoms with Crippen molar-refractivity contribution in [2.75, 3.05) is 49.9 Å². The van der Waals surface area contributed by atoms with Gasteiger partial charge in [-0.3, -0.25) is 9.59 Å². The number of morpholine rings is 1. The second-order valence-electron chi connectivity index (χ2n) is 12.1. The van der Waals surface area contributed by atoms with Gasteiger partial charge in [0.15, 0.2) is 6.73 Å². The molecule has 2 bridgehead atoms. The van der Waals surface area contributed by atoms with Gasteiger partial charge in [0, 0.05) is 48.3 Å². The van der Waals surface area contributed by atoms with Crippen LogP contribution in [0.3, 0.4) is 0 Å². The third kappa shape index (κ3) is 5.46. The Morgan fingerprint density at radius 2 is 1.67 bits per heavy atom. The van der Waals surface area contributed by atoms with Crippen molar-refractivity contribution in [3.8, 4) is 16.9 Å². The number of halogens is 3. The van der Waals surface area contributed by atoms with E-state index in [4.69, 9.17) is 37.4 Å². The van der Waals surface area contributed by atoms with E-state index in [1.54, 1.807) is 30.3 Å². The molecule has 1 amide bonds. The number of ketones is 1. The first-order valence-electron chi connectivity index (χ1n) is 15.3. The zero-order chi connectivity index (χ0) is 32.1. The summed E-state index contributed by atoms with van der Waals surface area (Å²) < 4.78 is 32.8. The van der Waals surface area contributed by atoms with E-state index in [9.17, 15) is 14.4 Å². The molecule has 12 heteroatoms. The Hall–Kier alpha value is -3.86. The molecule has 240 valence electrons. The Morgan fingerprint density at radius 3 is 2.35 bits per heavy atom. The van der Waals surface area contributed by atoms with Crippen LogP contribution >= 0.6 is 23.2 Å².